The van der Waals surface area contributed by atoms with E-state index in [1.807, 2.05) is 26.0 Å². The van der Waals surface area contributed by atoms with E-state index in [-0.39, 0.29) is 11.7 Å². The number of rotatable bonds is 0. The number of anilines is 1. The van der Waals surface area contributed by atoms with Gasteiger partial charge in [0.05, 0.1) is 5.69 Å². The highest BCUT2D eigenvalue weighted by molar-refractivity contribution is 7.99. The SMILES string of the molecule is Bc1ccc2c(c1)NC(=O)c1ocnc1S2. The number of amides is 1. The lowest BCUT2D eigenvalue weighted by molar-refractivity contribution is 0.0993. The van der Waals surface area contributed by atoms with Crippen LogP contribution in [0.5, 0.6) is 0 Å². The maximum absolute atomic E-state index is 11.8. The number of aromatic nitrogens is 1. The minimum absolute atomic E-state index is 0.246. The lowest BCUT2D eigenvalue weighted by Crippen LogP contribution is -2.12. The van der Waals surface area contributed by atoms with E-state index >= 15 is 0 Å². The van der Waals surface area contributed by atoms with Gasteiger partial charge in [0.25, 0.3) is 5.91 Å². The Morgan fingerprint density at radius 2 is 2.31 bits per heavy atom. The number of carbonyl (C=O) groups excluding carboxylic acids is 1. The van der Waals surface area contributed by atoms with Gasteiger partial charge in [-0.15, -0.1) is 0 Å². The summed E-state index contributed by atoms with van der Waals surface area (Å²) in [4.78, 5) is 16.8. The van der Waals surface area contributed by atoms with Crippen molar-refractivity contribution in [2.75, 3.05) is 5.32 Å². The number of hydrogen-bond donors (Lipinski definition) is 1. The second-order valence-corrected chi connectivity index (χ2v) is 4.57. The molecule has 1 amide bonds. The minimum Gasteiger partial charge on any atom is -0.437 e. The summed E-state index contributed by atoms with van der Waals surface area (Å²) in [6.07, 6.45) is 1.29. The first-order chi connectivity index (χ1) is 7.74. The predicted molar refractivity (Wildman–Crippen MR) is 63.2 cm³/mol. The van der Waals surface area contributed by atoms with Gasteiger partial charge in [-0.05, 0) is 12.1 Å². The molecule has 0 saturated carbocycles. The molecule has 1 aliphatic rings. The zero-order chi connectivity index (χ0) is 11.1. The Morgan fingerprint density at radius 3 is 3.19 bits per heavy atom. The van der Waals surface area contributed by atoms with Gasteiger partial charge in [-0.2, -0.15) is 0 Å². The van der Waals surface area contributed by atoms with Gasteiger partial charge in [0.1, 0.15) is 7.85 Å². The molecule has 78 valence electrons. The lowest BCUT2D eigenvalue weighted by Gasteiger charge is -2.06. The van der Waals surface area contributed by atoms with Crippen LogP contribution in [0.25, 0.3) is 0 Å². The van der Waals surface area contributed by atoms with Crippen molar-refractivity contribution < 1.29 is 9.21 Å². The Balaban J connectivity index is 2.16. The first kappa shape index (κ1) is 9.53. The summed E-state index contributed by atoms with van der Waals surface area (Å²) in [7, 11) is 1.98. The molecule has 0 bridgehead atoms. The van der Waals surface area contributed by atoms with Crippen LogP contribution in [0, 0.1) is 0 Å². The zero-order valence-corrected chi connectivity index (χ0v) is 9.30. The molecule has 0 fully saturated rings. The van der Waals surface area contributed by atoms with Gasteiger partial charge in [0.2, 0.25) is 5.76 Å². The van der Waals surface area contributed by atoms with Gasteiger partial charge in [0, 0.05) is 4.90 Å². The van der Waals surface area contributed by atoms with E-state index < -0.39 is 0 Å². The van der Waals surface area contributed by atoms with Crippen LogP contribution in [0.15, 0.2) is 38.9 Å². The molecular weight excluding hydrogens is 223 g/mol. The van der Waals surface area contributed by atoms with Gasteiger partial charge in [-0.1, -0.05) is 23.3 Å². The topological polar surface area (TPSA) is 55.1 Å². The number of benzene rings is 1. The molecule has 0 radical (unpaired) electrons. The zero-order valence-electron chi connectivity index (χ0n) is 8.48. The first-order valence-corrected chi connectivity index (χ1v) is 5.59. The molecule has 1 aliphatic heterocycles. The monoisotopic (exact) mass is 230 g/mol. The normalized spacial score (nSPS) is 13.6. The summed E-state index contributed by atoms with van der Waals surface area (Å²) in [5.74, 6) is 0.0307. The van der Waals surface area contributed by atoms with E-state index in [1.54, 1.807) is 0 Å². The van der Waals surface area contributed by atoms with Crippen molar-refractivity contribution in [2.24, 2.45) is 0 Å². The highest BCUT2D eigenvalue weighted by Crippen LogP contribution is 2.36. The van der Waals surface area contributed by atoms with Gasteiger partial charge < -0.3 is 9.73 Å². The van der Waals surface area contributed by atoms with E-state index in [9.17, 15) is 4.79 Å². The number of nitrogens with zero attached hydrogens (tertiary/aromatic N) is 1. The van der Waals surface area contributed by atoms with Gasteiger partial charge in [0.15, 0.2) is 11.4 Å². The molecule has 2 heterocycles. The third-order valence-corrected chi connectivity index (χ3v) is 3.39. The highest BCUT2D eigenvalue weighted by Gasteiger charge is 2.23. The van der Waals surface area contributed by atoms with Crippen LogP contribution in [-0.2, 0) is 0 Å². The second kappa shape index (κ2) is 3.42. The Morgan fingerprint density at radius 1 is 1.44 bits per heavy atom. The maximum Gasteiger partial charge on any atom is 0.294 e. The molecule has 0 unspecified atom stereocenters. The third kappa shape index (κ3) is 1.42. The van der Waals surface area contributed by atoms with Gasteiger partial charge >= 0.3 is 0 Å². The van der Waals surface area contributed by atoms with Crippen molar-refractivity contribution in [1.82, 2.24) is 4.98 Å². The molecule has 0 spiro atoms. The maximum atomic E-state index is 11.8. The van der Waals surface area contributed by atoms with E-state index in [1.165, 1.54) is 18.2 Å². The second-order valence-electron chi connectivity index (χ2n) is 3.54. The van der Waals surface area contributed by atoms with E-state index in [0.29, 0.717) is 5.03 Å². The molecule has 3 rings (SSSR count). The summed E-state index contributed by atoms with van der Waals surface area (Å²) in [5.41, 5.74) is 1.91. The van der Waals surface area contributed by atoms with Crippen LogP contribution in [0.3, 0.4) is 0 Å². The highest BCUT2D eigenvalue weighted by atomic mass is 32.2. The minimum atomic E-state index is -0.246. The molecule has 1 aromatic heterocycles. The average Bonchev–Trinajstić information content (AvgIpc) is 2.65. The summed E-state index contributed by atoms with van der Waals surface area (Å²) in [6, 6.07) is 5.91. The van der Waals surface area contributed by atoms with Crippen LogP contribution >= 0.6 is 11.8 Å². The predicted octanol–water partition coefficient (Wildman–Crippen LogP) is 0.650. The average molecular weight is 230 g/mol. The third-order valence-electron chi connectivity index (χ3n) is 2.33. The molecule has 2 aromatic rings. The molecule has 4 nitrogen and oxygen atoms in total. The van der Waals surface area contributed by atoms with Crippen LogP contribution in [-0.4, -0.2) is 18.7 Å². The molecule has 0 saturated heterocycles. The Hall–Kier alpha value is -1.69. The summed E-state index contributed by atoms with van der Waals surface area (Å²) < 4.78 is 5.07. The number of fused-ring (bicyclic) bond motifs is 2. The number of hydrogen-bond acceptors (Lipinski definition) is 4. The van der Waals surface area contributed by atoms with E-state index in [4.69, 9.17) is 4.42 Å². The molecule has 0 aliphatic carbocycles. The van der Waals surface area contributed by atoms with Crippen molar-refractivity contribution in [2.45, 2.75) is 9.92 Å². The van der Waals surface area contributed by atoms with Crippen LogP contribution in [0.4, 0.5) is 5.69 Å². The molecule has 1 aromatic carbocycles. The van der Waals surface area contributed by atoms with Crippen LogP contribution in [0.2, 0.25) is 0 Å². The van der Waals surface area contributed by atoms with Gasteiger partial charge in [-0.3, -0.25) is 4.79 Å². The van der Waals surface area contributed by atoms with Gasteiger partial charge in [-0.25, -0.2) is 4.98 Å². The number of oxazole rings is 1. The lowest BCUT2D eigenvalue weighted by atomic mass is 9.96. The van der Waals surface area contributed by atoms with Crippen molar-refractivity contribution in [1.29, 1.82) is 0 Å². The standard InChI is InChI=1S/C10H7BN2O2S/c11-5-1-2-7-6(3-5)13-9(14)8-10(16-7)12-4-15-8/h1-4H,11H2,(H,13,14). The van der Waals surface area contributed by atoms with Crippen molar-refractivity contribution in [3.8, 4) is 0 Å². The summed E-state index contributed by atoms with van der Waals surface area (Å²) in [6.45, 7) is 0. The van der Waals surface area contributed by atoms with Crippen molar-refractivity contribution in [3.63, 3.8) is 0 Å². The molecule has 1 N–H and O–H groups in total. The van der Waals surface area contributed by atoms with E-state index in [0.717, 1.165) is 16.0 Å². The smallest absolute Gasteiger partial charge is 0.294 e. The quantitative estimate of drug-likeness (QED) is 0.675. The van der Waals surface area contributed by atoms with E-state index in [2.05, 4.69) is 10.3 Å². The Labute approximate surface area is 96.8 Å². The Bertz CT molecular complexity index is 582. The summed E-state index contributed by atoms with van der Waals surface area (Å²) in [5, 5.41) is 3.42. The molecule has 0 atom stereocenters. The fourth-order valence-corrected chi connectivity index (χ4v) is 2.47. The van der Waals surface area contributed by atoms with Crippen LogP contribution < -0.4 is 10.8 Å². The Kier molecular flexibility index (Phi) is 2.04. The molecular formula is C10H7BN2O2S. The summed E-state index contributed by atoms with van der Waals surface area (Å²) >= 11 is 1.43. The van der Waals surface area contributed by atoms with Crippen LogP contribution in [0.1, 0.15) is 10.6 Å². The first-order valence-electron chi connectivity index (χ1n) is 4.77. The van der Waals surface area contributed by atoms with Crippen molar-refractivity contribution >= 4 is 36.7 Å². The fraction of sp³-hybridized carbons (Fsp3) is 0. The fourth-order valence-electron chi connectivity index (χ4n) is 1.57. The largest absolute Gasteiger partial charge is 0.437 e. The molecule has 6 heteroatoms. The number of carbonyl (C=O) groups is 1. The van der Waals surface area contributed by atoms with Crippen molar-refractivity contribution in [3.05, 3.63) is 30.4 Å². The molecule has 16 heavy (non-hydrogen) atoms. The number of nitrogens with one attached hydrogen (secondary N) is 1.